The van der Waals surface area contributed by atoms with Gasteiger partial charge in [0.2, 0.25) is 0 Å². The van der Waals surface area contributed by atoms with Crippen LogP contribution in [-0.4, -0.2) is 9.78 Å². The number of aromatic nitrogens is 2. The van der Waals surface area contributed by atoms with Crippen LogP contribution in [0.25, 0.3) is 5.69 Å². The first-order valence-corrected chi connectivity index (χ1v) is 7.11. The Balaban J connectivity index is 2.01. The van der Waals surface area contributed by atoms with E-state index in [-0.39, 0.29) is 0 Å². The first-order chi connectivity index (χ1) is 8.28. The lowest BCUT2D eigenvalue weighted by atomic mass is 10.1. The molecule has 0 unspecified atom stereocenters. The average Bonchev–Trinajstić information content (AvgIpc) is 3.08. The molecule has 0 bridgehead atoms. The molecule has 3 rings (SSSR count). The number of hydrogen-bond acceptors (Lipinski definition) is 1. The van der Waals surface area contributed by atoms with E-state index in [1.807, 2.05) is 4.68 Å². The van der Waals surface area contributed by atoms with Crippen LogP contribution in [-0.2, 0) is 5.33 Å². The predicted molar refractivity (Wildman–Crippen MR) is 72.9 cm³/mol. The standard InChI is InChI=1S/C14H15BrN2/c1-10-2-5-14(12(8-10)9-15)17-7-6-13(16-17)11-3-4-11/h2,5-8,11H,3-4,9H2,1H3. The molecule has 1 aromatic carbocycles. The van der Waals surface area contributed by atoms with Crippen molar-refractivity contribution in [3.63, 3.8) is 0 Å². The van der Waals surface area contributed by atoms with E-state index in [9.17, 15) is 0 Å². The molecule has 1 heterocycles. The number of rotatable bonds is 3. The quantitative estimate of drug-likeness (QED) is 0.783. The molecule has 2 aromatic rings. The van der Waals surface area contributed by atoms with Gasteiger partial charge in [0.25, 0.3) is 0 Å². The maximum atomic E-state index is 4.68. The molecule has 3 heteroatoms. The van der Waals surface area contributed by atoms with Crippen molar-refractivity contribution in [3.05, 3.63) is 47.3 Å². The van der Waals surface area contributed by atoms with Gasteiger partial charge in [0, 0.05) is 17.4 Å². The van der Waals surface area contributed by atoms with Crippen LogP contribution >= 0.6 is 15.9 Å². The molecule has 1 aromatic heterocycles. The summed E-state index contributed by atoms with van der Waals surface area (Å²) in [5.74, 6) is 0.717. The van der Waals surface area contributed by atoms with Gasteiger partial charge in [0.1, 0.15) is 0 Å². The third kappa shape index (κ3) is 2.16. The molecule has 0 saturated heterocycles. The maximum Gasteiger partial charge on any atom is 0.0686 e. The molecule has 0 N–H and O–H groups in total. The van der Waals surface area contributed by atoms with Crippen molar-refractivity contribution in [1.82, 2.24) is 9.78 Å². The number of nitrogens with zero attached hydrogens (tertiary/aromatic N) is 2. The van der Waals surface area contributed by atoms with Gasteiger partial charge in [-0.2, -0.15) is 5.10 Å². The molecule has 0 aliphatic heterocycles. The van der Waals surface area contributed by atoms with Gasteiger partial charge in [-0.1, -0.05) is 33.6 Å². The van der Waals surface area contributed by atoms with Crippen molar-refractivity contribution >= 4 is 15.9 Å². The van der Waals surface area contributed by atoms with Crippen LogP contribution in [0.5, 0.6) is 0 Å². The van der Waals surface area contributed by atoms with Crippen molar-refractivity contribution in [3.8, 4) is 5.69 Å². The van der Waals surface area contributed by atoms with Crippen LogP contribution in [0.1, 0.15) is 35.6 Å². The van der Waals surface area contributed by atoms with E-state index in [0.29, 0.717) is 5.92 Å². The summed E-state index contributed by atoms with van der Waals surface area (Å²) in [6.45, 7) is 2.12. The van der Waals surface area contributed by atoms with Crippen LogP contribution < -0.4 is 0 Å². The fourth-order valence-corrected chi connectivity index (χ4v) is 2.56. The number of hydrogen-bond donors (Lipinski definition) is 0. The first kappa shape index (κ1) is 11.0. The van der Waals surface area contributed by atoms with E-state index in [2.05, 4.69) is 58.4 Å². The van der Waals surface area contributed by atoms with E-state index in [1.165, 1.54) is 35.3 Å². The van der Waals surface area contributed by atoms with E-state index in [0.717, 1.165) is 5.33 Å². The van der Waals surface area contributed by atoms with Crippen molar-refractivity contribution in [2.75, 3.05) is 0 Å². The Morgan fingerprint density at radius 2 is 2.18 bits per heavy atom. The average molecular weight is 291 g/mol. The van der Waals surface area contributed by atoms with Crippen molar-refractivity contribution < 1.29 is 0 Å². The third-order valence-electron chi connectivity index (χ3n) is 3.23. The lowest BCUT2D eigenvalue weighted by Gasteiger charge is -2.08. The van der Waals surface area contributed by atoms with Crippen LogP contribution in [0.15, 0.2) is 30.5 Å². The van der Waals surface area contributed by atoms with Crippen molar-refractivity contribution in [1.29, 1.82) is 0 Å². The fourth-order valence-electron chi connectivity index (χ4n) is 2.11. The van der Waals surface area contributed by atoms with E-state index in [1.54, 1.807) is 0 Å². The zero-order chi connectivity index (χ0) is 11.8. The number of aryl methyl sites for hydroxylation is 1. The fraction of sp³-hybridized carbons (Fsp3) is 0.357. The van der Waals surface area contributed by atoms with Crippen LogP contribution in [0, 0.1) is 6.92 Å². The molecular weight excluding hydrogens is 276 g/mol. The van der Waals surface area contributed by atoms with Crippen molar-refractivity contribution in [2.24, 2.45) is 0 Å². The summed E-state index contributed by atoms with van der Waals surface area (Å²) >= 11 is 3.55. The van der Waals surface area contributed by atoms with Crippen molar-refractivity contribution in [2.45, 2.75) is 31.0 Å². The highest BCUT2D eigenvalue weighted by Crippen LogP contribution is 2.39. The lowest BCUT2D eigenvalue weighted by Crippen LogP contribution is -2.00. The second-order valence-electron chi connectivity index (χ2n) is 4.73. The molecule has 88 valence electrons. The largest absolute Gasteiger partial charge is 0.240 e. The second-order valence-corrected chi connectivity index (χ2v) is 5.29. The summed E-state index contributed by atoms with van der Waals surface area (Å²) in [6.07, 6.45) is 4.68. The molecule has 1 saturated carbocycles. The molecule has 0 amide bonds. The molecule has 0 spiro atoms. The van der Waals surface area contributed by atoms with Gasteiger partial charge in [0.15, 0.2) is 0 Å². The Bertz CT molecular complexity index is 541. The molecule has 17 heavy (non-hydrogen) atoms. The van der Waals surface area contributed by atoms with Crippen LogP contribution in [0.4, 0.5) is 0 Å². The third-order valence-corrected chi connectivity index (χ3v) is 3.84. The lowest BCUT2D eigenvalue weighted by molar-refractivity contribution is 0.831. The Morgan fingerprint density at radius 3 is 2.88 bits per heavy atom. The summed E-state index contributed by atoms with van der Waals surface area (Å²) in [5.41, 5.74) is 5.00. The van der Waals surface area contributed by atoms with Crippen LogP contribution in [0.2, 0.25) is 0 Å². The minimum atomic E-state index is 0.717. The number of benzene rings is 1. The smallest absolute Gasteiger partial charge is 0.0686 e. The van der Waals surface area contributed by atoms with Gasteiger partial charge in [-0.25, -0.2) is 4.68 Å². The summed E-state index contributed by atoms with van der Waals surface area (Å²) in [6, 6.07) is 8.65. The van der Waals surface area contributed by atoms with Gasteiger partial charge in [0.05, 0.1) is 11.4 Å². The Kier molecular flexibility index (Phi) is 2.79. The molecule has 1 fully saturated rings. The van der Waals surface area contributed by atoms with Gasteiger partial charge in [-0.15, -0.1) is 0 Å². The minimum absolute atomic E-state index is 0.717. The monoisotopic (exact) mass is 290 g/mol. The molecular formula is C14H15BrN2. The molecule has 1 aliphatic rings. The van der Waals surface area contributed by atoms with Gasteiger partial charge in [-0.05, 0) is 37.5 Å². The summed E-state index contributed by atoms with van der Waals surface area (Å²) in [7, 11) is 0. The predicted octanol–water partition coefficient (Wildman–Crippen LogP) is 3.95. The van der Waals surface area contributed by atoms with Crippen LogP contribution in [0.3, 0.4) is 0 Å². The van der Waals surface area contributed by atoms with Gasteiger partial charge < -0.3 is 0 Å². The topological polar surface area (TPSA) is 17.8 Å². The maximum absolute atomic E-state index is 4.68. The zero-order valence-electron chi connectivity index (χ0n) is 9.86. The van der Waals surface area contributed by atoms with E-state index < -0.39 is 0 Å². The summed E-state index contributed by atoms with van der Waals surface area (Å²) < 4.78 is 2.00. The number of alkyl halides is 1. The van der Waals surface area contributed by atoms with Gasteiger partial charge >= 0.3 is 0 Å². The normalized spacial score (nSPS) is 15.2. The van der Waals surface area contributed by atoms with Gasteiger partial charge in [-0.3, -0.25) is 0 Å². The zero-order valence-corrected chi connectivity index (χ0v) is 11.4. The molecule has 0 atom stereocenters. The first-order valence-electron chi connectivity index (χ1n) is 5.99. The summed E-state index contributed by atoms with van der Waals surface area (Å²) in [5, 5.41) is 5.54. The SMILES string of the molecule is Cc1ccc(-n2ccc(C3CC3)n2)c(CBr)c1. The van der Waals surface area contributed by atoms with E-state index in [4.69, 9.17) is 0 Å². The molecule has 1 aliphatic carbocycles. The highest BCUT2D eigenvalue weighted by Gasteiger charge is 2.26. The Morgan fingerprint density at radius 1 is 1.35 bits per heavy atom. The summed E-state index contributed by atoms with van der Waals surface area (Å²) in [4.78, 5) is 0. The highest BCUT2D eigenvalue weighted by atomic mass is 79.9. The minimum Gasteiger partial charge on any atom is -0.240 e. The number of halogens is 1. The Labute approximate surface area is 110 Å². The molecule has 2 nitrogen and oxygen atoms in total. The molecule has 0 radical (unpaired) electrons. The Hall–Kier alpha value is -1.09. The second kappa shape index (κ2) is 4.30. The highest BCUT2D eigenvalue weighted by molar-refractivity contribution is 9.08. The van der Waals surface area contributed by atoms with E-state index >= 15 is 0 Å².